The van der Waals surface area contributed by atoms with Crippen molar-refractivity contribution >= 4 is 11.3 Å². The van der Waals surface area contributed by atoms with E-state index in [1.807, 2.05) is 0 Å². The molecule has 0 radical (unpaired) electrons. The second-order valence-corrected chi connectivity index (χ2v) is 8.13. The molecule has 0 unspecified atom stereocenters. The van der Waals surface area contributed by atoms with E-state index in [0.29, 0.717) is 5.41 Å². The van der Waals surface area contributed by atoms with E-state index in [1.165, 1.54) is 49.2 Å². The summed E-state index contributed by atoms with van der Waals surface area (Å²) in [7, 11) is 0. The summed E-state index contributed by atoms with van der Waals surface area (Å²) >= 11 is 1.72. The van der Waals surface area contributed by atoms with Gasteiger partial charge >= 0.3 is 0 Å². The molecule has 4 fully saturated rings. The van der Waals surface area contributed by atoms with Crippen molar-refractivity contribution in [1.82, 2.24) is 15.2 Å². The molecular weight excluding hydrogens is 266 g/mol. The van der Waals surface area contributed by atoms with Crippen LogP contribution in [-0.4, -0.2) is 15.2 Å². The summed E-state index contributed by atoms with van der Waals surface area (Å²) in [4.78, 5) is 6.06. The molecule has 0 amide bonds. The first-order chi connectivity index (χ1) is 9.81. The average Bonchev–Trinajstić information content (AvgIpc) is 3.09. The predicted octanol–water partition coefficient (Wildman–Crippen LogP) is 4.00. The van der Waals surface area contributed by atoms with Crippen molar-refractivity contribution in [3.63, 3.8) is 0 Å². The third-order valence-corrected chi connectivity index (χ3v) is 6.63. The van der Waals surface area contributed by atoms with Crippen molar-refractivity contribution in [1.29, 1.82) is 0 Å². The van der Waals surface area contributed by atoms with E-state index in [2.05, 4.69) is 27.7 Å². The van der Waals surface area contributed by atoms with Gasteiger partial charge in [-0.05, 0) is 67.7 Å². The third-order valence-electron chi connectivity index (χ3n) is 5.77. The van der Waals surface area contributed by atoms with Gasteiger partial charge in [0.25, 0.3) is 0 Å². The van der Waals surface area contributed by atoms with E-state index in [-0.39, 0.29) is 0 Å². The van der Waals surface area contributed by atoms with Crippen molar-refractivity contribution in [2.75, 3.05) is 0 Å². The molecule has 4 bridgehead atoms. The number of hydrogen-bond acceptors (Lipinski definition) is 3. The zero-order valence-electron chi connectivity index (χ0n) is 11.5. The van der Waals surface area contributed by atoms with Gasteiger partial charge in [0.15, 0.2) is 5.82 Å². The first-order valence-electron chi connectivity index (χ1n) is 7.77. The first kappa shape index (κ1) is 11.5. The molecule has 0 spiro atoms. The molecule has 2 aromatic rings. The van der Waals surface area contributed by atoms with Crippen LogP contribution in [0, 0.1) is 17.8 Å². The zero-order chi connectivity index (χ0) is 13.2. The minimum absolute atomic E-state index is 0.331. The Bertz CT molecular complexity index is 593. The fraction of sp³-hybridized carbons (Fsp3) is 0.625. The average molecular weight is 285 g/mol. The molecule has 2 heterocycles. The van der Waals surface area contributed by atoms with Crippen molar-refractivity contribution in [2.24, 2.45) is 17.8 Å². The molecule has 20 heavy (non-hydrogen) atoms. The van der Waals surface area contributed by atoms with Crippen LogP contribution in [0.2, 0.25) is 0 Å². The molecule has 0 atom stereocenters. The van der Waals surface area contributed by atoms with Crippen molar-refractivity contribution in [2.45, 2.75) is 43.9 Å². The number of thiophene rings is 1. The Kier molecular flexibility index (Phi) is 2.26. The maximum Gasteiger partial charge on any atom is 0.191 e. The molecule has 4 aliphatic rings. The third kappa shape index (κ3) is 1.57. The normalized spacial score (nSPS) is 38.5. The lowest BCUT2D eigenvalue weighted by Crippen LogP contribution is -2.49. The highest BCUT2D eigenvalue weighted by molar-refractivity contribution is 7.13. The zero-order valence-corrected chi connectivity index (χ0v) is 12.3. The highest BCUT2D eigenvalue weighted by Gasteiger charge is 2.53. The van der Waals surface area contributed by atoms with Crippen molar-refractivity contribution in [3.8, 4) is 10.7 Å². The summed E-state index contributed by atoms with van der Waals surface area (Å²) in [5, 5.41) is 9.88. The predicted molar refractivity (Wildman–Crippen MR) is 79.5 cm³/mol. The summed E-state index contributed by atoms with van der Waals surface area (Å²) in [6.07, 6.45) is 8.47. The van der Waals surface area contributed by atoms with Crippen LogP contribution in [0.4, 0.5) is 0 Å². The smallest absolute Gasteiger partial charge is 0.191 e. The van der Waals surface area contributed by atoms with Crippen LogP contribution in [0.15, 0.2) is 17.5 Å². The number of hydrogen-bond donors (Lipinski definition) is 1. The van der Waals surface area contributed by atoms with Crippen LogP contribution in [0.1, 0.15) is 44.3 Å². The Morgan fingerprint density at radius 2 is 1.80 bits per heavy atom. The molecule has 4 aliphatic carbocycles. The fourth-order valence-electron chi connectivity index (χ4n) is 5.42. The summed E-state index contributed by atoms with van der Waals surface area (Å²) in [6, 6.07) is 4.18. The summed E-state index contributed by atoms with van der Waals surface area (Å²) in [5.74, 6) is 4.94. The summed E-state index contributed by atoms with van der Waals surface area (Å²) in [5.41, 5.74) is 0.331. The minimum Gasteiger partial charge on any atom is -0.262 e. The van der Waals surface area contributed by atoms with E-state index < -0.39 is 0 Å². The molecule has 2 aromatic heterocycles. The number of rotatable bonds is 2. The van der Waals surface area contributed by atoms with Crippen LogP contribution >= 0.6 is 11.3 Å². The molecule has 1 N–H and O–H groups in total. The molecule has 0 aromatic carbocycles. The lowest BCUT2D eigenvalue weighted by molar-refractivity contribution is -0.00920. The lowest BCUT2D eigenvalue weighted by atomic mass is 9.49. The Labute approximate surface area is 122 Å². The number of aromatic nitrogens is 3. The van der Waals surface area contributed by atoms with Crippen LogP contribution in [0.3, 0.4) is 0 Å². The van der Waals surface area contributed by atoms with Gasteiger partial charge in [-0.3, -0.25) is 5.10 Å². The summed E-state index contributed by atoms with van der Waals surface area (Å²) in [6.45, 7) is 0. The number of aromatic amines is 1. The van der Waals surface area contributed by atoms with Gasteiger partial charge in [-0.25, -0.2) is 4.98 Å². The van der Waals surface area contributed by atoms with Gasteiger partial charge in [-0.15, -0.1) is 11.3 Å². The van der Waals surface area contributed by atoms with Gasteiger partial charge in [-0.2, -0.15) is 5.10 Å². The Morgan fingerprint density at radius 1 is 1.10 bits per heavy atom. The van der Waals surface area contributed by atoms with Gasteiger partial charge < -0.3 is 0 Å². The van der Waals surface area contributed by atoms with E-state index in [4.69, 9.17) is 4.98 Å². The topological polar surface area (TPSA) is 41.6 Å². The molecule has 4 saturated carbocycles. The van der Waals surface area contributed by atoms with Crippen LogP contribution in [-0.2, 0) is 5.41 Å². The second kappa shape index (κ2) is 3.94. The molecule has 0 saturated heterocycles. The van der Waals surface area contributed by atoms with Crippen LogP contribution in [0.5, 0.6) is 0 Å². The Hall–Kier alpha value is -1.16. The minimum atomic E-state index is 0.331. The SMILES string of the molecule is c1csc(-c2n[nH]c(C34CC5CC(CC(C5)C3)C4)n2)c1. The van der Waals surface area contributed by atoms with Gasteiger partial charge in [-0.1, -0.05) is 6.07 Å². The van der Waals surface area contributed by atoms with E-state index >= 15 is 0 Å². The van der Waals surface area contributed by atoms with E-state index in [1.54, 1.807) is 11.3 Å². The number of H-pyrrole nitrogens is 1. The van der Waals surface area contributed by atoms with Gasteiger partial charge in [0.1, 0.15) is 5.82 Å². The maximum absolute atomic E-state index is 4.89. The summed E-state index contributed by atoms with van der Waals surface area (Å²) < 4.78 is 0. The molecule has 0 aliphatic heterocycles. The molecular formula is C16H19N3S. The quantitative estimate of drug-likeness (QED) is 0.906. The highest BCUT2D eigenvalue weighted by atomic mass is 32.1. The largest absolute Gasteiger partial charge is 0.262 e. The molecule has 6 rings (SSSR count). The standard InChI is InChI=1S/C16H19N3S/c1-2-13(20-3-1)14-17-15(19-18-14)16-7-10-4-11(8-16)6-12(5-10)9-16/h1-3,10-12H,4-9H2,(H,17,18,19). The van der Waals surface area contributed by atoms with Crippen LogP contribution < -0.4 is 0 Å². The van der Waals surface area contributed by atoms with Gasteiger partial charge in [0, 0.05) is 5.41 Å². The highest BCUT2D eigenvalue weighted by Crippen LogP contribution is 2.60. The molecule has 4 heteroatoms. The lowest BCUT2D eigenvalue weighted by Gasteiger charge is -2.55. The van der Waals surface area contributed by atoms with Gasteiger partial charge in [0.2, 0.25) is 0 Å². The van der Waals surface area contributed by atoms with E-state index in [0.717, 1.165) is 23.6 Å². The van der Waals surface area contributed by atoms with Crippen molar-refractivity contribution < 1.29 is 0 Å². The van der Waals surface area contributed by atoms with Gasteiger partial charge in [0.05, 0.1) is 4.88 Å². The van der Waals surface area contributed by atoms with Crippen molar-refractivity contribution in [3.05, 3.63) is 23.3 Å². The van der Waals surface area contributed by atoms with E-state index in [9.17, 15) is 0 Å². The fourth-order valence-corrected chi connectivity index (χ4v) is 6.07. The second-order valence-electron chi connectivity index (χ2n) is 7.18. The molecule has 104 valence electrons. The first-order valence-corrected chi connectivity index (χ1v) is 8.65. The Balaban J connectivity index is 1.54. The maximum atomic E-state index is 4.89. The number of nitrogens with zero attached hydrogens (tertiary/aromatic N) is 2. The number of nitrogens with one attached hydrogen (secondary N) is 1. The molecule has 3 nitrogen and oxygen atoms in total. The Morgan fingerprint density at radius 3 is 2.40 bits per heavy atom. The monoisotopic (exact) mass is 285 g/mol. The van der Waals surface area contributed by atoms with Crippen LogP contribution in [0.25, 0.3) is 10.7 Å².